The molecule has 9 nitrogen and oxygen atoms in total. The highest BCUT2D eigenvalue weighted by molar-refractivity contribution is 7.09. The van der Waals surface area contributed by atoms with E-state index in [1.165, 1.54) is 0 Å². The van der Waals surface area contributed by atoms with E-state index in [9.17, 15) is 14.4 Å². The van der Waals surface area contributed by atoms with E-state index in [0.717, 1.165) is 62.9 Å². The Kier molecular flexibility index (Phi) is 7.90. The summed E-state index contributed by atoms with van der Waals surface area (Å²) in [6.45, 7) is 2.44. The summed E-state index contributed by atoms with van der Waals surface area (Å²) in [5.74, 6) is -0.700. The minimum absolute atomic E-state index is 0.0304. The van der Waals surface area contributed by atoms with Gasteiger partial charge in [-0.3, -0.25) is 14.4 Å². The first kappa shape index (κ1) is 25.0. The van der Waals surface area contributed by atoms with E-state index in [2.05, 4.69) is 9.69 Å². The quantitative estimate of drug-likeness (QED) is 0.483. The molecule has 10 heteroatoms. The van der Waals surface area contributed by atoms with Crippen LogP contribution in [0.3, 0.4) is 0 Å². The van der Waals surface area contributed by atoms with Crippen LogP contribution in [0.25, 0.3) is 0 Å². The van der Waals surface area contributed by atoms with Crippen LogP contribution in [0, 0.1) is 0 Å². The van der Waals surface area contributed by atoms with E-state index in [0.29, 0.717) is 17.9 Å². The molecule has 2 aliphatic rings. The van der Waals surface area contributed by atoms with Crippen LogP contribution in [0.2, 0.25) is 0 Å². The van der Waals surface area contributed by atoms with Gasteiger partial charge in [-0.05, 0) is 61.8 Å². The Morgan fingerprint density at radius 3 is 2.31 bits per heavy atom. The largest absolute Gasteiger partial charge is 0.494 e. The zero-order valence-corrected chi connectivity index (χ0v) is 20.8. The Morgan fingerprint density at radius 2 is 1.74 bits per heavy atom. The number of nitrogens with zero attached hydrogens (tertiary/aromatic N) is 2. The fraction of sp³-hybridized carbons (Fsp3) is 0.520. The summed E-state index contributed by atoms with van der Waals surface area (Å²) in [7, 11) is 0. The van der Waals surface area contributed by atoms with Crippen molar-refractivity contribution in [2.75, 3.05) is 12.3 Å². The number of rotatable bonds is 9. The van der Waals surface area contributed by atoms with Gasteiger partial charge in [0.2, 0.25) is 5.91 Å². The number of primary amides is 1. The van der Waals surface area contributed by atoms with Gasteiger partial charge in [0, 0.05) is 12.1 Å². The maximum atomic E-state index is 14.0. The molecule has 0 spiro atoms. The lowest BCUT2D eigenvalue weighted by Gasteiger charge is -2.36. The Balaban J connectivity index is 1.75. The van der Waals surface area contributed by atoms with Crippen molar-refractivity contribution in [1.82, 2.24) is 14.6 Å². The van der Waals surface area contributed by atoms with Crippen molar-refractivity contribution in [3.05, 3.63) is 40.4 Å². The van der Waals surface area contributed by atoms with Crippen LogP contribution in [-0.2, 0) is 4.79 Å². The first-order valence-electron chi connectivity index (χ1n) is 12.3. The molecule has 2 aromatic rings. The molecule has 0 unspecified atom stereocenters. The zero-order chi connectivity index (χ0) is 24.9. The molecule has 1 aromatic heterocycles. The third-order valence-electron chi connectivity index (χ3n) is 6.84. The molecule has 1 atom stereocenters. The van der Waals surface area contributed by atoms with Crippen molar-refractivity contribution >= 4 is 34.9 Å². The molecular weight excluding hydrogens is 466 g/mol. The molecule has 0 saturated heterocycles. The number of aromatic nitrogens is 1. The summed E-state index contributed by atoms with van der Waals surface area (Å²) < 4.78 is 9.59. The molecule has 0 radical (unpaired) electrons. The second-order valence-electron chi connectivity index (χ2n) is 9.18. The van der Waals surface area contributed by atoms with Crippen molar-refractivity contribution in [1.29, 1.82) is 0 Å². The summed E-state index contributed by atoms with van der Waals surface area (Å²) in [6.07, 6.45) is 7.55. The van der Waals surface area contributed by atoms with E-state index < -0.39 is 17.9 Å². The Hall–Kier alpha value is -3.14. The second-order valence-corrected chi connectivity index (χ2v) is 9.96. The number of nitrogens with two attached hydrogens (primary N) is 2. The fourth-order valence-corrected chi connectivity index (χ4v) is 5.87. The van der Waals surface area contributed by atoms with E-state index in [-0.39, 0.29) is 34.2 Å². The highest BCUT2D eigenvalue weighted by Crippen LogP contribution is 2.36. The Labute approximate surface area is 209 Å². The molecule has 5 N–H and O–H groups in total. The molecule has 0 bridgehead atoms. The molecule has 2 saturated carbocycles. The number of hydrogen-bond acceptors (Lipinski definition) is 7. The highest BCUT2D eigenvalue weighted by Gasteiger charge is 2.40. The number of carbonyl (C=O) groups is 3. The van der Waals surface area contributed by atoms with Gasteiger partial charge < -0.3 is 26.4 Å². The van der Waals surface area contributed by atoms with Crippen LogP contribution in [0.1, 0.15) is 90.1 Å². The molecular formula is C25H33N5O4S. The zero-order valence-electron chi connectivity index (χ0n) is 20.0. The summed E-state index contributed by atoms with van der Waals surface area (Å²) in [5.41, 5.74) is 12.1. The predicted octanol–water partition coefficient (Wildman–Crippen LogP) is 3.41. The average molecular weight is 500 g/mol. The van der Waals surface area contributed by atoms with Gasteiger partial charge in [-0.2, -0.15) is 4.37 Å². The van der Waals surface area contributed by atoms with E-state index in [4.69, 9.17) is 16.2 Å². The van der Waals surface area contributed by atoms with Crippen LogP contribution in [0.4, 0.5) is 5.69 Å². The van der Waals surface area contributed by atoms with Crippen molar-refractivity contribution in [3.8, 4) is 5.75 Å². The summed E-state index contributed by atoms with van der Waals surface area (Å²) in [6, 6.07) is 6.43. The van der Waals surface area contributed by atoms with Gasteiger partial charge in [0.1, 0.15) is 16.7 Å². The minimum Gasteiger partial charge on any atom is -0.494 e. The molecule has 4 rings (SSSR count). The Bertz CT molecular complexity index is 1060. The topological polar surface area (TPSA) is 141 Å². The van der Waals surface area contributed by atoms with Gasteiger partial charge in [-0.15, -0.1) is 0 Å². The minimum atomic E-state index is -0.847. The number of nitrogens with one attached hydrogen (secondary N) is 1. The molecule has 1 aromatic carbocycles. The van der Waals surface area contributed by atoms with E-state index in [1.807, 2.05) is 31.2 Å². The molecule has 35 heavy (non-hydrogen) atoms. The van der Waals surface area contributed by atoms with Gasteiger partial charge >= 0.3 is 0 Å². The van der Waals surface area contributed by atoms with Crippen LogP contribution in [-0.4, -0.2) is 45.7 Å². The van der Waals surface area contributed by atoms with Gasteiger partial charge in [-0.1, -0.05) is 37.8 Å². The maximum absolute atomic E-state index is 14.0. The predicted molar refractivity (Wildman–Crippen MR) is 134 cm³/mol. The number of nitrogen functional groups attached to an aromatic ring is 1. The lowest BCUT2D eigenvalue weighted by molar-refractivity contribution is -0.127. The number of amides is 3. The highest BCUT2D eigenvalue weighted by atomic mass is 32.1. The number of ether oxygens (including phenoxy) is 1. The second kappa shape index (κ2) is 11.1. The van der Waals surface area contributed by atoms with Crippen LogP contribution in [0.15, 0.2) is 24.3 Å². The fourth-order valence-electron chi connectivity index (χ4n) is 5.12. The first-order valence-corrected chi connectivity index (χ1v) is 13.1. The smallest absolute Gasteiger partial charge is 0.270 e. The van der Waals surface area contributed by atoms with Crippen LogP contribution < -0.4 is 21.5 Å². The number of hydrogen-bond donors (Lipinski definition) is 3. The molecule has 188 valence electrons. The number of benzene rings is 1. The van der Waals surface area contributed by atoms with Crippen LogP contribution >= 0.6 is 11.5 Å². The molecule has 2 aliphatic carbocycles. The van der Waals surface area contributed by atoms with Gasteiger partial charge in [0.05, 0.1) is 12.3 Å². The van der Waals surface area contributed by atoms with Crippen LogP contribution in [0.5, 0.6) is 5.75 Å². The molecule has 0 aliphatic heterocycles. The van der Waals surface area contributed by atoms with E-state index >= 15 is 0 Å². The third-order valence-corrected chi connectivity index (χ3v) is 7.69. The lowest BCUT2D eigenvalue weighted by Crippen LogP contribution is -2.49. The van der Waals surface area contributed by atoms with Gasteiger partial charge in [0.15, 0.2) is 5.69 Å². The summed E-state index contributed by atoms with van der Waals surface area (Å²) in [5, 5.41) is 3.18. The van der Waals surface area contributed by atoms with Crippen molar-refractivity contribution < 1.29 is 19.1 Å². The SMILES string of the molecule is CCOc1ccc([C@H](C(=O)NC2CCCC2)N(C(=O)c2snc(C(N)=O)c2N)C2CCCC2)cc1. The van der Waals surface area contributed by atoms with Crippen molar-refractivity contribution in [2.24, 2.45) is 5.73 Å². The standard InChI is InChI=1S/C25H33N5O4S/c1-2-34-18-13-11-15(12-14-18)21(24(32)28-16-7-3-4-8-16)30(17-9-5-6-10-17)25(33)22-19(26)20(23(27)31)29-35-22/h11-14,16-17,21H,2-10,26H2,1H3,(H2,27,31)(H,28,32)/t21-/m1/s1. The van der Waals surface area contributed by atoms with Crippen molar-refractivity contribution in [3.63, 3.8) is 0 Å². The number of carbonyl (C=O) groups excluding carboxylic acids is 3. The normalized spacial score (nSPS) is 17.3. The van der Waals surface area contributed by atoms with Gasteiger partial charge in [-0.25, -0.2) is 0 Å². The molecule has 2 fully saturated rings. The summed E-state index contributed by atoms with van der Waals surface area (Å²) >= 11 is 0.847. The summed E-state index contributed by atoms with van der Waals surface area (Å²) in [4.78, 5) is 41.3. The van der Waals surface area contributed by atoms with Gasteiger partial charge in [0.25, 0.3) is 11.8 Å². The maximum Gasteiger partial charge on any atom is 0.270 e. The molecule has 1 heterocycles. The van der Waals surface area contributed by atoms with Crippen molar-refractivity contribution in [2.45, 2.75) is 76.4 Å². The molecule has 3 amide bonds. The average Bonchev–Trinajstić information content (AvgIpc) is 3.60. The third kappa shape index (κ3) is 5.42. The van der Waals surface area contributed by atoms with E-state index in [1.54, 1.807) is 4.90 Å². The number of anilines is 1. The Morgan fingerprint density at radius 1 is 1.11 bits per heavy atom. The monoisotopic (exact) mass is 499 g/mol. The lowest BCUT2D eigenvalue weighted by atomic mass is 9.99. The first-order chi connectivity index (χ1) is 16.9.